The lowest BCUT2D eigenvalue weighted by molar-refractivity contribution is -0.130. The molecule has 2 N–H and O–H groups in total. The number of phenolic OH excluding ortho intramolecular Hbond substituents is 1. The summed E-state index contributed by atoms with van der Waals surface area (Å²) in [5.74, 6) is 1.17. The molecular formula is C23H25NO4. The van der Waals surface area contributed by atoms with Crippen molar-refractivity contribution in [1.82, 2.24) is 5.32 Å². The Labute approximate surface area is 164 Å². The largest absolute Gasteiger partial charge is 0.507 e. The van der Waals surface area contributed by atoms with Crippen LogP contribution in [0.25, 0.3) is 10.8 Å². The number of carbonyl (C=O) groups excluding carboxylic acids is 2. The van der Waals surface area contributed by atoms with Crippen molar-refractivity contribution in [3.63, 3.8) is 0 Å². The zero-order valence-corrected chi connectivity index (χ0v) is 15.8. The van der Waals surface area contributed by atoms with Gasteiger partial charge in [-0.05, 0) is 79.2 Å². The van der Waals surface area contributed by atoms with Gasteiger partial charge in [-0.25, -0.2) is 4.79 Å². The van der Waals surface area contributed by atoms with E-state index in [9.17, 15) is 14.7 Å². The summed E-state index contributed by atoms with van der Waals surface area (Å²) in [7, 11) is 0. The van der Waals surface area contributed by atoms with E-state index in [-0.39, 0.29) is 29.4 Å². The van der Waals surface area contributed by atoms with Gasteiger partial charge in [0.25, 0.3) is 5.91 Å². The first-order chi connectivity index (χ1) is 13.5. The molecule has 28 heavy (non-hydrogen) atoms. The molecule has 4 bridgehead atoms. The molecule has 5 nitrogen and oxygen atoms in total. The number of aromatic hydroxyl groups is 1. The molecule has 0 aliphatic heterocycles. The molecule has 4 saturated carbocycles. The van der Waals surface area contributed by atoms with Crippen molar-refractivity contribution in [3.05, 3.63) is 42.0 Å². The van der Waals surface area contributed by atoms with Gasteiger partial charge >= 0.3 is 5.97 Å². The molecule has 1 amide bonds. The van der Waals surface area contributed by atoms with E-state index in [1.807, 2.05) is 24.3 Å². The van der Waals surface area contributed by atoms with Crippen molar-refractivity contribution in [2.45, 2.75) is 44.1 Å². The number of fused-ring (bicyclic) bond motifs is 1. The van der Waals surface area contributed by atoms with Gasteiger partial charge in [0.1, 0.15) is 11.3 Å². The third kappa shape index (κ3) is 3.13. The van der Waals surface area contributed by atoms with E-state index in [0.29, 0.717) is 0 Å². The Balaban J connectivity index is 1.23. The number of hydrogen-bond donors (Lipinski definition) is 2. The molecule has 0 spiro atoms. The molecule has 0 aromatic heterocycles. The number of phenols is 1. The van der Waals surface area contributed by atoms with Crippen molar-refractivity contribution >= 4 is 22.6 Å². The molecule has 0 unspecified atom stereocenters. The maximum absolute atomic E-state index is 12.5. The highest BCUT2D eigenvalue weighted by molar-refractivity contribution is 5.99. The zero-order valence-electron chi connectivity index (χ0n) is 15.8. The highest BCUT2D eigenvalue weighted by Crippen LogP contribution is 2.55. The predicted octanol–water partition coefficient (Wildman–Crippen LogP) is 3.79. The third-order valence-electron chi connectivity index (χ3n) is 6.86. The molecule has 0 saturated heterocycles. The average Bonchev–Trinajstić information content (AvgIpc) is 2.64. The molecule has 0 heterocycles. The van der Waals surface area contributed by atoms with Gasteiger partial charge in [0.05, 0.1) is 0 Å². The van der Waals surface area contributed by atoms with Crippen LogP contribution < -0.4 is 5.32 Å². The summed E-state index contributed by atoms with van der Waals surface area (Å²) >= 11 is 0. The average molecular weight is 379 g/mol. The number of rotatable bonds is 4. The molecule has 5 heteroatoms. The Morgan fingerprint density at radius 2 is 1.57 bits per heavy atom. The molecule has 6 rings (SSSR count). The van der Waals surface area contributed by atoms with Crippen LogP contribution >= 0.6 is 0 Å². The normalized spacial score (nSPS) is 30.4. The molecule has 4 fully saturated rings. The molecule has 146 valence electrons. The first kappa shape index (κ1) is 17.5. The maximum atomic E-state index is 12.5. The fraction of sp³-hybridized carbons (Fsp3) is 0.478. The van der Waals surface area contributed by atoms with E-state index < -0.39 is 5.97 Å². The van der Waals surface area contributed by atoms with Crippen molar-refractivity contribution in [2.24, 2.45) is 17.8 Å². The standard InChI is InChI=1S/C23H25NO4/c25-20-9-18-4-2-1-3-17(18)8-19(20)22(27)28-13-21(26)24-23-10-14-5-15(11-23)7-16(6-14)12-23/h1-4,8-9,14-16,25H,5-7,10-13H2,(H,24,26). The van der Waals surface area contributed by atoms with E-state index in [0.717, 1.165) is 47.8 Å². The van der Waals surface area contributed by atoms with E-state index in [4.69, 9.17) is 4.74 Å². The predicted molar refractivity (Wildman–Crippen MR) is 105 cm³/mol. The fourth-order valence-electron chi connectivity index (χ4n) is 6.20. The lowest BCUT2D eigenvalue weighted by Crippen LogP contribution is -2.60. The topological polar surface area (TPSA) is 75.6 Å². The van der Waals surface area contributed by atoms with Gasteiger partial charge < -0.3 is 15.2 Å². The number of amides is 1. The Morgan fingerprint density at radius 1 is 1.00 bits per heavy atom. The van der Waals surface area contributed by atoms with Gasteiger partial charge in [0.2, 0.25) is 0 Å². The van der Waals surface area contributed by atoms with Gasteiger partial charge in [-0.1, -0.05) is 24.3 Å². The van der Waals surface area contributed by atoms with Crippen molar-refractivity contribution in [2.75, 3.05) is 6.61 Å². The van der Waals surface area contributed by atoms with Crippen LogP contribution in [-0.4, -0.2) is 29.1 Å². The second-order valence-electron chi connectivity index (χ2n) is 9.04. The summed E-state index contributed by atoms with van der Waals surface area (Å²) < 4.78 is 5.22. The number of benzene rings is 2. The molecule has 0 radical (unpaired) electrons. The minimum atomic E-state index is -0.677. The Hall–Kier alpha value is -2.56. The summed E-state index contributed by atoms with van der Waals surface area (Å²) in [5, 5.41) is 15.0. The maximum Gasteiger partial charge on any atom is 0.342 e. The summed E-state index contributed by atoms with van der Waals surface area (Å²) in [6, 6.07) is 10.6. The van der Waals surface area contributed by atoms with Crippen LogP contribution in [0.2, 0.25) is 0 Å². The minimum Gasteiger partial charge on any atom is -0.507 e. The SMILES string of the molecule is O=C(COC(=O)c1cc2ccccc2cc1O)NC12CC3CC(CC(C3)C1)C2. The van der Waals surface area contributed by atoms with E-state index in [1.165, 1.54) is 19.3 Å². The first-order valence-electron chi connectivity index (χ1n) is 10.2. The smallest absolute Gasteiger partial charge is 0.342 e. The molecule has 2 aromatic rings. The van der Waals surface area contributed by atoms with Crippen LogP contribution in [0.15, 0.2) is 36.4 Å². The van der Waals surface area contributed by atoms with Crippen molar-refractivity contribution < 1.29 is 19.4 Å². The highest BCUT2D eigenvalue weighted by Gasteiger charge is 2.51. The van der Waals surface area contributed by atoms with Gasteiger partial charge in [0.15, 0.2) is 6.61 Å². The van der Waals surface area contributed by atoms with Crippen LogP contribution in [0, 0.1) is 17.8 Å². The van der Waals surface area contributed by atoms with E-state index >= 15 is 0 Å². The molecule has 2 aromatic carbocycles. The summed E-state index contributed by atoms with van der Waals surface area (Å²) in [6.45, 7) is -0.313. The summed E-state index contributed by atoms with van der Waals surface area (Å²) in [6.07, 6.45) is 7.11. The lowest BCUT2D eigenvalue weighted by atomic mass is 9.53. The van der Waals surface area contributed by atoms with E-state index in [1.54, 1.807) is 12.1 Å². The van der Waals surface area contributed by atoms with Gasteiger partial charge in [-0.2, -0.15) is 0 Å². The Bertz CT molecular complexity index is 915. The highest BCUT2D eigenvalue weighted by atomic mass is 16.5. The van der Waals surface area contributed by atoms with Gasteiger partial charge in [-0.15, -0.1) is 0 Å². The number of ether oxygens (including phenoxy) is 1. The van der Waals surface area contributed by atoms with Gasteiger partial charge in [0, 0.05) is 5.54 Å². The van der Waals surface area contributed by atoms with Crippen LogP contribution in [0.1, 0.15) is 48.9 Å². The monoisotopic (exact) mass is 379 g/mol. The van der Waals surface area contributed by atoms with Crippen LogP contribution in [0.5, 0.6) is 5.75 Å². The lowest BCUT2D eigenvalue weighted by Gasteiger charge is -2.56. The zero-order chi connectivity index (χ0) is 19.3. The third-order valence-corrected chi connectivity index (χ3v) is 6.86. The summed E-state index contributed by atoms with van der Waals surface area (Å²) in [5.41, 5.74) is -0.00938. The number of hydrogen-bond acceptors (Lipinski definition) is 4. The number of nitrogens with one attached hydrogen (secondary N) is 1. The van der Waals surface area contributed by atoms with Crippen LogP contribution in [0.3, 0.4) is 0 Å². The molecule has 0 atom stereocenters. The molecule has 4 aliphatic carbocycles. The molecular weight excluding hydrogens is 354 g/mol. The second kappa shape index (κ2) is 6.50. The molecule has 4 aliphatic rings. The van der Waals surface area contributed by atoms with Crippen LogP contribution in [-0.2, 0) is 9.53 Å². The minimum absolute atomic E-state index is 0.0845. The number of carbonyl (C=O) groups is 2. The fourth-order valence-corrected chi connectivity index (χ4v) is 6.20. The first-order valence-corrected chi connectivity index (χ1v) is 10.2. The summed E-state index contributed by atoms with van der Waals surface area (Å²) in [4.78, 5) is 24.9. The second-order valence-corrected chi connectivity index (χ2v) is 9.04. The Kier molecular flexibility index (Phi) is 4.07. The van der Waals surface area contributed by atoms with Gasteiger partial charge in [-0.3, -0.25) is 4.79 Å². The number of esters is 1. The van der Waals surface area contributed by atoms with Crippen molar-refractivity contribution in [3.8, 4) is 5.75 Å². The van der Waals surface area contributed by atoms with E-state index in [2.05, 4.69) is 5.32 Å². The Morgan fingerprint density at radius 3 is 2.18 bits per heavy atom. The quantitative estimate of drug-likeness (QED) is 0.793. The van der Waals surface area contributed by atoms with Crippen molar-refractivity contribution in [1.29, 1.82) is 0 Å². The van der Waals surface area contributed by atoms with Crippen LogP contribution in [0.4, 0.5) is 0 Å².